The maximum Gasteiger partial charge on any atom is 0.347 e. The predicted molar refractivity (Wildman–Crippen MR) is 359 cm³/mol. The van der Waals surface area contributed by atoms with Crippen molar-refractivity contribution in [1.29, 1.82) is 0 Å². The fraction of sp³-hybridized carbons (Fsp3) is 0.644. The Morgan fingerprint density at radius 3 is 1.41 bits per heavy atom. The summed E-state index contributed by atoms with van der Waals surface area (Å²) in [5, 5.41) is 0. The smallest absolute Gasteiger partial charge is 0.347 e. The van der Waals surface area contributed by atoms with E-state index in [9.17, 15) is 28.8 Å². The second-order valence-electron chi connectivity index (χ2n) is 28.0. The summed E-state index contributed by atoms with van der Waals surface area (Å²) < 4.78 is 47.0. The van der Waals surface area contributed by atoms with E-state index < -0.39 is 102 Å². The third-order valence-electron chi connectivity index (χ3n) is 18.0. The first-order valence-corrected chi connectivity index (χ1v) is 34.2. The van der Waals surface area contributed by atoms with Gasteiger partial charge in [0.05, 0.1) is 32.0 Å². The standard InChI is InChI=1S/C73H106N6O16/c1-48(2)41-60(77(13)67(82)64(45-55-25-30-58(31-26-55)79-35-39-89-40-36-79)95-69(84)59(43-53-19-20-53)74(10)47-91-73(7,8)9)70(85)92-50(5)65(80)75(11)62(44-54-21-22-54)72(87)94-63(32-27-52-23-28-57(29-24-52)78-33-37-88-38-34-78)66(81)76(12)61(42-49(3)4)71(86)93-51(6)68(83)90-46-56-17-15-14-16-18-56/h14-18,23-26,28-31,48-51,53-54,59-64H,19-22,27,32-47H2,1-13H3/t50-,51-,59+,60+,61+,62+,63-,64-/m1/s1. The van der Waals surface area contributed by atoms with E-state index in [2.05, 4.69) is 9.80 Å². The lowest BCUT2D eigenvalue weighted by atomic mass is 10.0. The first-order chi connectivity index (χ1) is 45.2. The van der Waals surface area contributed by atoms with Gasteiger partial charge in [0.25, 0.3) is 17.7 Å². The fourth-order valence-corrected chi connectivity index (χ4v) is 11.7. The van der Waals surface area contributed by atoms with Crippen LogP contribution < -0.4 is 9.80 Å². The van der Waals surface area contributed by atoms with E-state index in [0.717, 1.165) is 79.9 Å². The molecule has 95 heavy (non-hydrogen) atoms. The maximum atomic E-state index is 15.1. The second-order valence-corrected chi connectivity index (χ2v) is 28.0. The van der Waals surface area contributed by atoms with Crippen LogP contribution in [0.25, 0.3) is 0 Å². The van der Waals surface area contributed by atoms with E-state index in [-0.39, 0.29) is 69.6 Å². The molecule has 0 aromatic heterocycles. The minimum Gasteiger partial charge on any atom is -0.458 e. The SMILES string of the molecule is CC(C)C[C@@H](C(=O)O[C@H](C)C(=O)N(C)[C@@H](CC1CC1)C(=O)O[C@H](CCc1ccc(N2CCOCC2)cc1)C(=O)N(C)[C@@H](CC(C)C)C(=O)O[C@H](C)C(=O)OCc1ccccc1)N(C)C(=O)[C@@H](Cc1ccc(N2CCOCC2)cc1)OC(=O)[C@H](CC1CC1)N(C)COC(C)(C)C. The summed E-state index contributed by atoms with van der Waals surface area (Å²) in [5.41, 5.74) is 3.85. The zero-order valence-corrected chi connectivity index (χ0v) is 58.5. The molecule has 4 fully saturated rings. The molecule has 0 N–H and O–H groups in total. The molecular weight excluding hydrogens is 1220 g/mol. The summed E-state index contributed by atoms with van der Waals surface area (Å²) in [6, 6.07) is 20.3. The Bertz CT molecular complexity index is 2980. The third kappa shape index (κ3) is 23.6. The number of esters is 5. The molecule has 3 amide bonds. The Morgan fingerprint density at radius 2 is 0.926 bits per heavy atom. The first kappa shape index (κ1) is 75.2. The van der Waals surface area contributed by atoms with Crippen molar-refractivity contribution in [3.8, 4) is 0 Å². The number of carbonyl (C=O) groups is 8. The summed E-state index contributed by atoms with van der Waals surface area (Å²) in [6.45, 7) is 21.6. The maximum absolute atomic E-state index is 15.1. The van der Waals surface area contributed by atoms with E-state index in [1.54, 1.807) is 19.2 Å². The van der Waals surface area contributed by atoms with E-state index in [0.29, 0.717) is 38.8 Å². The molecule has 3 aromatic rings. The fourth-order valence-electron chi connectivity index (χ4n) is 11.7. The molecule has 22 heteroatoms. The number of carbonyl (C=O) groups excluding carboxylic acids is 8. The second kappa shape index (κ2) is 35.7. The van der Waals surface area contributed by atoms with Gasteiger partial charge in [-0.2, -0.15) is 0 Å². The molecule has 3 aromatic carbocycles. The molecule has 0 radical (unpaired) electrons. The minimum atomic E-state index is -1.47. The van der Waals surface area contributed by atoms with E-state index >= 15 is 9.59 Å². The van der Waals surface area contributed by atoms with Crippen molar-refractivity contribution in [2.45, 2.75) is 194 Å². The van der Waals surface area contributed by atoms with Gasteiger partial charge < -0.3 is 62.4 Å². The number of hydrogen-bond donors (Lipinski definition) is 0. The number of likely N-dealkylation sites (N-methyl/N-ethyl adjacent to an activating group) is 4. The van der Waals surface area contributed by atoms with Gasteiger partial charge in [0.15, 0.2) is 24.4 Å². The monoisotopic (exact) mass is 1320 g/mol. The Kier molecular flexibility index (Phi) is 28.3. The van der Waals surface area contributed by atoms with Gasteiger partial charge in [-0.3, -0.25) is 24.1 Å². The molecule has 7 rings (SSSR count). The number of ether oxygens (including phenoxy) is 8. The van der Waals surface area contributed by atoms with Crippen molar-refractivity contribution >= 4 is 58.9 Å². The lowest BCUT2D eigenvalue weighted by Gasteiger charge is -2.34. The number of aryl methyl sites for hydroxylation is 1. The summed E-state index contributed by atoms with van der Waals surface area (Å²) in [4.78, 5) is 126. The summed E-state index contributed by atoms with van der Waals surface area (Å²) >= 11 is 0. The highest BCUT2D eigenvalue weighted by Crippen LogP contribution is 2.37. The lowest BCUT2D eigenvalue weighted by molar-refractivity contribution is -0.176. The molecule has 2 saturated carbocycles. The van der Waals surface area contributed by atoms with Crippen molar-refractivity contribution in [2.24, 2.45) is 23.7 Å². The highest BCUT2D eigenvalue weighted by atomic mass is 16.6. The van der Waals surface area contributed by atoms with Crippen LogP contribution in [0.15, 0.2) is 78.9 Å². The average Bonchev–Trinajstić information content (AvgIpc) is 1.35. The largest absolute Gasteiger partial charge is 0.458 e. The molecule has 2 aliphatic carbocycles. The zero-order valence-electron chi connectivity index (χ0n) is 58.5. The Hall–Kier alpha value is -7.14. The van der Waals surface area contributed by atoms with Crippen molar-refractivity contribution < 1.29 is 76.3 Å². The van der Waals surface area contributed by atoms with Crippen LogP contribution in [0.2, 0.25) is 0 Å². The van der Waals surface area contributed by atoms with Crippen LogP contribution in [0, 0.1) is 23.7 Å². The van der Waals surface area contributed by atoms with Crippen molar-refractivity contribution in [3.05, 3.63) is 95.6 Å². The highest BCUT2D eigenvalue weighted by Gasteiger charge is 2.43. The summed E-state index contributed by atoms with van der Waals surface area (Å²) in [5.74, 6) is -5.94. The molecule has 0 spiro atoms. The normalized spacial score (nSPS) is 17.7. The first-order valence-electron chi connectivity index (χ1n) is 34.2. The predicted octanol–water partition coefficient (Wildman–Crippen LogP) is 8.21. The number of hydrogen-bond acceptors (Lipinski definition) is 19. The summed E-state index contributed by atoms with van der Waals surface area (Å²) in [7, 11) is 6.14. The number of rotatable bonds is 35. The lowest BCUT2D eigenvalue weighted by Crippen LogP contribution is -2.53. The van der Waals surface area contributed by atoms with Crippen LogP contribution in [0.5, 0.6) is 0 Å². The number of anilines is 2. The van der Waals surface area contributed by atoms with E-state index in [1.165, 1.54) is 49.7 Å². The van der Waals surface area contributed by atoms with Gasteiger partial charge in [-0.1, -0.05) is 108 Å². The molecule has 22 nitrogen and oxygen atoms in total. The number of benzene rings is 3. The Balaban J connectivity index is 1.09. The van der Waals surface area contributed by atoms with Crippen LogP contribution in [-0.4, -0.2) is 209 Å². The van der Waals surface area contributed by atoms with Gasteiger partial charge in [0.2, 0.25) is 0 Å². The van der Waals surface area contributed by atoms with Crippen LogP contribution in [0.4, 0.5) is 11.4 Å². The molecule has 0 unspecified atom stereocenters. The van der Waals surface area contributed by atoms with Gasteiger partial charge in [-0.15, -0.1) is 0 Å². The molecule has 524 valence electrons. The zero-order chi connectivity index (χ0) is 69.1. The van der Waals surface area contributed by atoms with Gasteiger partial charge in [0.1, 0.15) is 37.5 Å². The Morgan fingerprint density at radius 1 is 0.495 bits per heavy atom. The van der Waals surface area contributed by atoms with E-state index in [1.807, 2.05) is 120 Å². The average molecular weight is 1320 g/mol. The number of nitrogens with zero attached hydrogens (tertiary/aromatic N) is 6. The van der Waals surface area contributed by atoms with Crippen molar-refractivity contribution in [1.82, 2.24) is 19.6 Å². The van der Waals surface area contributed by atoms with E-state index in [4.69, 9.17) is 37.9 Å². The minimum absolute atomic E-state index is 0.00171. The molecule has 4 aliphatic rings. The Labute approximate surface area is 562 Å². The quantitative estimate of drug-likeness (QED) is 0.0307. The van der Waals surface area contributed by atoms with Crippen molar-refractivity contribution in [2.75, 3.05) is 97.3 Å². The van der Waals surface area contributed by atoms with Gasteiger partial charge in [0, 0.05) is 65.1 Å². The highest BCUT2D eigenvalue weighted by molar-refractivity contribution is 5.93. The van der Waals surface area contributed by atoms with Gasteiger partial charge in [-0.25, -0.2) is 19.2 Å². The van der Waals surface area contributed by atoms with Crippen LogP contribution in [-0.2, 0) is 95.7 Å². The molecule has 2 aliphatic heterocycles. The number of morpholine rings is 2. The molecule has 0 bridgehead atoms. The van der Waals surface area contributed by atoms with Gasteiger partial charge in [-0.05, 0) is 145 Å². The topological polar surface area (TPSA) is 230 Å². The number of amides is 3. The van der Waals surface area contributed by atoms with Crippen molar-refractivity contribution in [3.63, 3.8) is 0 Å². The van der Waals surface area contributed by atoms with Crippen LogP contribution in [0.3, 0.4) is 0 Å². The molecule has 2 saturated heterocycles. The summed E-state index contributed by atoms with van der Waals surface area (Å²) in [6.07, 6.45) is -0.832. The van der Waals surface area contributed by atoms with Crippen LogP contribution in [0.1, 0.15) is 137 Å². The van der Waals surface area contributed by atoms with Crippen LogP contribution >= 0.6 is 0 Å². The molecule has 8 atom stereocenters. The molecular formula is C73H106N6O16. The molecule has 2 heterocycles. The van der Waals surface area contributed by atoms with Gasteiger partial charge >= 0.3 is 29.8 Å². The third-order valence-corrected chi connectivity index (χ3v) is 18.0.